The van der Waals surface area contributed by atoms with E-state index >= 15 is 0 Å². The van der Waals surface area contributed by atoms with Crippen LogP contribution in [0, 0.1) is 6.92 Å². The van der Waals surface area contributed by atoms with E-state index in [1.54, 1.807) is 29.4 Å². The predicted molar refractivity (Wildman–Crippen MR) is 93.4 cm³/mol. The van der Waals surface area contributed by atoms with Crippen molar-refractivity contribution in [2.45, 2.75) is 19.3 Å². The number of nitrogens with zero attached hydrogens (tertiary/aromatic N) is 4. The minimum Gasteiger partial charge on any atom is -0.334 e. The Balaban J connectivity index is 1.59. The number of aromatic nitrogens is 3. The normalized spacial score (nSPS) is 17.3. The molecule has 1 fully saturated rings. The van der Waals surface area contributed by atoms with Crippen LogP contribution in [-0.4, -0.2) is 27.6 Å². The van der Waals surface area contributed by atoms with Gasteiger partial charge in [0.2, 0.25) is 5.91 Å². The molecule has 6 nitrogen and oxygen atoms in total. The fourth-order valence-electron chi connectivity index (χ4n) is 3.01. The van der Waals surface area contributed by atoms with E-state index in [0.29, 0.717) is 29.7 Å². The fraction of sp³-hybridized carbons (Fsp3) is 0.222. The second kappa shape index (κ2) is 6.29. The van der Waals surface area contributed by atoms with E-state index in [2.05, 4.69) is 15.1 Å². The van der Waals surface area contributed by atoms with E-state index in [1.807, 2.05) is 25.1 Å². The lowest BCUT2D eigenvalue weighted by atomic mass is 10.1. The van der Waals surface area contributed by atoms with Crippen molar-refractivity contribution in [3.05, 3.63) is 59.1 Å². The fourth-order valence-corrected chi connectivity index (χ4v) is 3.18. The molecule has 0 aliphatic carbocycles. The highest BCUT2D eigenvalue weighted by Crippen LogP contribution is 2.34. The van der Waals surface area contributed by atoms with Gasteiger partial charge in [-0.3, -0.25) is 9.78 Å². The molecule has 25 heavy (non-hydrogen) atoms. The number of rotatable bonds is 3. The van der Waals surface area contributed by atoms with Gasteiger partial charge in [0, 0.05) is 47.6 Å². The average molecular weight is 355 g/mol. The number of benzene rings is 1. The highest BCUT2D eigenvalue weighted by Gasteiger charge is 2.35. The van der Waals surface area contributed by atoms with Crippen molar-refractivity contribution in [3.63, 3.8) is 0 Å². The number of hydrogen-bond donors (Lipinski definition) is 0. The quantitative estimate of drug-likeness (QED) is 0.718. The summed E-state index contributed by atoms with van der Waals surface area (Å²) in [6, 6.07) is 9.18. The van der Waals surface area contributed by atoms with Gasteiger partial charge in [0.15, 0.2) is 5.82 Å². The molecule has 126 valence electrons. The van der Waals surface area contributed by atoms with Gasteiger partial charge in [-0.05, 0) is 36.8 Å². The largest absolute Gasteiger partial charge is 0.334 e. The van der Waals surface area contributed by atoms with Crippen molar-refractivity contribution >= 4 is 23.2 Å². The Hall–Kier alpha value is -2.73. The standard InChI is InChI=1S/C18H15ClN4O2/c1-11-14(19)3-2-4-15(11)23-10-13(9-16(23)24)17-21-18(25-22-17)12-5-7-20-8-6-12/h2-8,13H,9-10H2,1H3. The van der Waals surface area contributed by atoms with Crippen LogP contribution in [0.5, 0.6) is 0 Å². The first-order valence-corrected chi connectivity index (χ1v) is 8.31. The van der Waals surface area contributed by atoms with Crippen LogP contribution in [0.4, 0.5) is 5.69 Å². The van der Waals surface area contributed by atoms with Gasteiger partial charge in [-0.2, -0.15) is 4.98 Å². The molecule has 3 heterocycles. The zero-order valence-electron chi connectivity index (χ0n) is 13.5. The molecule has 2 aromatic heterocycles. The lowest BCUT2D eigenvalue weighted by Gasteiger charge is -2.19. The van der Waals surface area contributed by atoms with E-state index < -0.39 is 0 Å². The summed E-state index contributed by atoms with van der Waals surface area (Å²) in [7, 11) is 0. The molecule has 1 aromatic carbocycles. The number of carbonyl (C=O) groups is 1. The number of amides is 1. The number of pyridine rings is 1. The Morgan fingerprint density at radius 3 is 2.84 bits per heavy atom. The summed E-state index contributed by atoms with van der Waals surface area (Å²) in [5.74, 6) is 0.903. The third kappa shape index (κ3) is 2.89. The third-order valence-corrected chi connectivity index (χ3v) is 4.80. The summed E-state index contributed by atoms with van der Waals surface area (Å²) in [5.41, 5.74) is 2.53. The molecule has 0 N–H and O–H groups in total. The minimum atomic E-state index is -0.106. The first-order valence-electron chi connectivity index (χ1n) is 7.93. The van der Waals surface area contributed by atoms with Gasteiger partial charge in [0.05, 0.1) is 0 Å². The average Bonchev–Trinajstić information content (AvgIpc) is 3.25. The van der Waals surface area contributed by atoms with Crippen molar-refractivity contribution < 1.29 is 9.32 Å². The molecule has 0 radical (unpaired) electrons. The van der Waals surface area contributed by atoms with Gasteiger partial charge in [0.25, 0.3) is 5.89 Å². The summed E-state index contributed by atoms with van der Waals surface area (Å²) < 4.78 is 5.34. The number of hydrogen-bond acceptors (Lipinski definition) is 5. The second-order valence-corrected chi connectivity index (χ2v) is 6.39. The molecule has 1 atom stereocenters. The molecule has 0 spiro atoms. The molecule has 1 aliphatic heterocycles. The van der Waals surface area contributed by atoms with E-state index in [-0.39, 0.29) is 11.8 Å². The Morgan fingerprint density at radius 1 is 1.24 bits per heavy atom. The second-order valence-electron chi connectivity index (χ2n) is 5.98. The summed E-state index contributed by atoms with van der Waals surface area (Å²) in [6.45, 7) is 2.42. The molecule has 1 amide bonds. The number of carbonyl (C=O) groups excluding carboxylic acids is 1. The van der Waals surface area contributed by atoms with Crippen molar-refractivity contribution in [3.8, 4) is 11.5 Å². The van der Waals surface area contributed by atoms with E-state index in [0.717, 1.165) is 16.8 Å². The van der Waals surface area contributed by atoms with Gasteiger partial charge in [0.1, 0.15) is 0 Å². The lowest BCUT2D eigenvalue weighted by Crippen LogP contribution is -2.25. The van der Waals surface area contributed by atoms with Crippen LogP contribution in [0.15, 0.2) is 47.2 Å². The topological polar surface area (TPSA) is 72.1 Å². The maximum Gasteiger partial charge on any atom is 0.258 e. The van der Waals surface area contributed by atoms with Crippen LogP contribution in [-0.2, 0) is 4.79 Å². The Kier molecular flexibility index (Phi) is 3.97. The number of halogens is 1. The maximum absolute atomic E-state index is 12.5. The van der Waals surface area contributed by atoms with Crippen molar-refractivity contribution in [1.29, 1.82) is 0 Å². The van der Waals surface area contributed by atoms with Gasteiger partial charge in [-0.1, -0.05) is 22.8 Å². The first-order chi connectivity index (χ1) is 12.1. The summed E-state index contributed by atoms with van der Waals surface area (Å²) >= 11 is 6.18. The van der Waals surface area contributed by atoms with Crippen molar-refractivity contribution in [1.82, 2.24) is 15.1 Å². The summed E-state index contributed by atoms with van der Waals surface area (Å²) in [6.07, 6.45) is 3.69. The van der Waals surface area contributed by atoms with Crippen LogP contribution in [0.1, 0.15) is 23.7 Å². The Morgan fingerprint density at radius 2 is 2.04 bits per heavy atom. The van der Waals surface area contributed by atoms with Gasteiger partial charge >= 0.3 is 0 Å². The zero-order chi connectivity index (χ0) is 17.4. The third-order valence-electron chi connectivity index (χ3n) is 4.39. The van der Waals surface area contributed by atoms with Crippen LogP contribution in [0.3, 0.4) is 0 Å². The summed E-state index contributed by atoms with van der Waals surface area (Å²) in [4.78, 5) is 22.7. The minimum absolute atomic E-state index is 0.0330. The highest BCUT2D eigenvalue weighted by molar-refractivity contribution is 6.31. The molecule has 1 saturated heterocycles. The van der Waals surface area contributed by atoms with Crippen LogP contribution < -0.4 is 4.90 Å². The molecule has 1 aliphatic rings. The highest BCUT2D eigenvalue weighted by atomic mass is 35.5. The maximum atomic E-state index is 12.5. The van der Waals surface area contributed by atoms with E-state index in [4.69, 9.17) is 16.1 Å². The molecule has 1 unspecified atom stereocenters. The molecule has 7 heteroatoms. The van der Waals surface area contributed by atoms with E-state index in [9.17, 15) is 4.79 Å². The molecule has 3 aromatic rings. The molecule has 0 bridgehead atoms. The molecular formula is C18H15ClN4O2. The Bertz CT molecular complexity index is 926. The number of anilines is 1. The SMILES string of the molecule is Cc1c(Cl)cccc1N1CC(c2noc(-c3ccncc3)n2)CC1=O. The van der Waals surface area contributed by atoms with Crippen LogP contribution in [0.2, 0.25) is 5.02 Å². The van der Waals surface area contributed by atoms with Crippen LogP contribution >= 0.6 is 11.6 Å². The first kappa shape index (κ1) is 15.8. The zero-order valence-corrected chi connectivity index (χ0v) is 14.3. The van der Waals surface area contributed by atoms with Gasteiger partial charge < -0.3 is 9.42 Å². The van der Waals surface area contributed by atoms with Crippen LogP contribution in [0.25, 0.3) is 11.5 Å². The van der Waals surface area contributed by atoms with Gasteiger partial charge in [-0.15, -0.1) is 0 Å². The predicted octanol–water partition coefficient (Wildman–Crippen LogP) is 3.61. The molecule has 4 rings (SSSR count). The molecule has 0 saturated carbocycles. The van der Waals surface area contributed by atoms with E-state index in [1.165, 1.54) is 0 Å². The van der Waals surface area contributed by atoms with Crippen molar-refractivity contribution in [2.75, 3.05) is 11.4 Å². The van der Waals surface area contributed by atoms with Gasteiger partial charge in [-0.25, -0.2) is 0 Å². The lowest BCUT2D eigenvalue weighted by molar-refractivity contribution is -0.117. The smallest absolute Gasteiger partial charge is 0.258 e. The summed E-state index contributed by atoms with van der Waals surface area (Å²) in [5, 5.41) is 4.71. The monoisotopic (exact) mass is 354 g/mol. The van der Waals surface area contributed by atoms with Crippen molar-refractivity contribution in [2.24, 2.45) is 0 Å². The Labute approximate surface area is 149 Å². The molecular weight excluding hydrogens is 340 g/mol.